The molecule has 0 aliphatic heterocycles. The van der Waals surface area contributed by atoms with Crippen LogP contribution in [0.4, 0.5) is 5.69 Å². The van der Waals surface area contributed by atoms with Gasteiger partial charge in [0, 0.05) is 10.5 Å². The molecule has 0 spiro atoms. The lowest BCUT2D eigenvalue weighted by molar-refractivity contribution is 0.281. The van der Waals surface area contributed by atoms with Crippen molar-refractivity contribution in [3.05, 3.63) is 26.7 Å². The van der Waals surface area contributed by atoms with Crippen molar-refractivity contribution in [2.24, 2.45) is 11.8 Å². The number of rotatable bonds is 2. The molecule has 1 aliphatic carbocycles. The number of nitrogens with one attached hydrogen (secondary N) is 1. The second kappa shape index (κ2) is 6.02. The first-order chi connectivity index (χ1) is 8.47. The average Bonchev–Trinajstić information content (AvgIpc) is 2.29. The highest BCUT2D eigenvalue weighted by molar-refractivity contribution is 9.10. The third-order valence-corrected chi connectivity index (χ3v) is 5.34. The highest BCUT2D eigenvalue weighted by Crippen LogP contribution is 2.38. The Morgan fingerprint density at radius 3 is 2.28 bits per heavy atom. The van der Waals surface area contributed by atoms with Gasteiger partial charge in [0.2, 0.25) is 0 Å². The van der Waals surface area contributed by atoms with E-state index in [1.807, 2.05) is 12.1 Å². The number of benzene rings is 1. The molecule has 4 heteroatoms. The van der Waals surface area contributed by atoms with Crippen molar-refractivity contribution in [1.29, 1.82) is 0 Å². The Morgan fingerprint density at radius 1 is 1.06 bits per heavy atom. The Bertz CT molecular complexity index is 426. The van der Waals surface area contributed by atoms with E-state index in [0.29, 0.717) is 16.1 Å². The van der Waals surface area contributed by atoms with Crippen molar-refractivity contribution in [3.63, 3.8) is 0 Å². The molecule has 0 aromatic heterocycles. The maximum atomic E-state index is 6.27. The molecule has 0 heterocycles. The van der Waals surface area contributed by atoms with E-state index in [-0.39, 0.29) is 0 Å². The minimum atomic E-state index is 0.499. The van der Waals surface area contributed by atoms with Crippen LogP contribution in [-0.2, 0) is 0 Å². The van der Waals surface area contributed by atoms with Crippen LogP contribution in [0.1, 0.15) is 33.1 Å². The third kappa shape index (κ3) is 3.34. The fraction of sp³-hybridized carbons (Fsp3) is 0.571. The second-order valence-electron chi connectivity index (χ2n) is 5.48. The predicted octanol–water partition coefficient (Wildman–Crippen LogP) is 5.99. The third-order valence-electron chi connectivity index (χ3n) is 3.57. The highest BCUT2D eigenvalue weighted by Gasteiger charge is 2.24. The summed E-state index contributed by atoms with van der Waals surface area (Å²) in [5.74, 6) is 1.55. The van der Waals surface area contributed by atoms with Crippen LogP contribution in [-0.4, -0.2) is 6.04 Å². The molecular formula is C14H18BrCl2N. The van der Waals surface area contributed by atoms with E-state index in [0.717, 1.165) is 22.0 Å². The summed E-state index contributed by atoms with van der Waals surface area (Å²) >= 11 is 15.8. The first kappa shape index (κ1) is 14.5. The smallest absolute Gasteiger partial charge is 0.0835 e. The summed E-state index contributed by atoms with van der Waals surface area (Å²) in [5, 5.41) is 4.73. The van der Waals surface area contributed by atoms with Crippen LogP contribution >= 0.6 is 39.1 Å². The van der Waals surface area contributed by atoms with Gasteiger partial charge in [-0.05, 0) is 59.2 Å². The molecule has 1 aromatic carbocycles. The number of halogens is 3. The van der Waals surface area contributed by atoms with Gasteiger partial charge >= 0.3 is 0 Å². The Hall–Kier alpha value is 0.0800. The number of hydrogen-bond acceptors (Lipinski definition) is 1. The largest absolute Gasteiger partial charge is 0.381 e. The van der Waals surface area contributed by atoms with E-state index in [2.05, 4.69) is 35.1 Å². The summed E-state index contributed by atoms with van der Waals surface area (Å²) in [6.45, 7) is 4.64. The minimum absolute atomic E-state index is 0.499. The Morgan fingerprint density at radius 2 is 1.67 bits per heavy atom. The molecule has 2 atom stereocenters. The van der Waals surface area contributed by atoms with Gasteiger partial charge in [-0.25, -0.2) is 0 Å². The first-order valence-corrected chi connectivity index (χ1v) is 7.92. The molecule has 100 valence electrons. The van der Waals surface area contributed by atoms with Crippen molar-refractivity contribution in [1.82, 2.24) is 0 Å². The van der Waals surface area contributed by atoms with Crippen LogP contribution < -0.4 is 5.32 Å². The lowest BCUT2D eigenvalue weighted by Crippen LogP contribution is -2.30. The van der Waals surface area contributed by atoms with E-state index in [1.165, 1.54) is 19.3 Å². The van der Waals surface area contributed by atoms with Gasteiger partial charge in [-0.2, -0.15) is 0 Å². The molecule has 18 heavy (non-hydrogen) atoms. The molecule has 1 aliphatic rings. The summed E-state index contributed by atoms with van der Waals surface area (Å²) in [7, 11) is 0. The van der Waals surface area contributed by atoms with Crippen LogP contribution in [0.3, 0.4) is 0 Å². The number of anilines is 1. The van der Waals surface area contributed by atoms with Gasteiger partial charge in [-0.3, -0.25) is 0 Å². The lowest BCUT2D eigenvalue weighted by Gasteiger charge is -2.32. The summed E-state index contributed by atoms with van der Waals surface area (Å²) < 4.78 is 0.838. The molecule has 1 fully saturated rings. The summed E-state index contributed by atoms with van der Waals surface area (Å²) in [5.41, 5.74) is 0.941. The van der Waals surface area contributed by atoms with E-state index in [9.17, 15) is 0 Å². The molecule has 0 amide bonds. The quantitative estimate of drug-likeness (QED) is 0.645. The second-order valence-corrected chi connectivity index (χ2v) is 7.09. The van der Waals surface area contributed by atoms with Crippen LogP contribution in [0.15, 0.2) is 16.6 Å². The maximum Gasteiger partial charge on any atom is 0.0835 e. The topological polar surface area (TPSA) is 12.0 Å². The summed E-state index contributed by atoms with van der Waals surface area (Å²) in [4.78, 5) is 0. The summed E-state index contributed by atoms with van der Waals surface area (Å²) in [6.07, 6.45) is 3.73. The maximum absolute atomic E-state index is 6.27. The van der Waals surface area contributed by atoms with E-state index < -0.39 is 0 Å². The van der Waals surface area contributed by atoms with E-state index >= 15 is 0 Å². The zero-order valence-electron chi connectivity index (χ0n) is 10.6. The molecule has 0 radical (unpaired) electrons. The number of hydrogen-bond donors (Lipinski definition) is 1. The monoisotopic (exact) mass is 349 g/mol. The normalized spacial score (nSPS) is 28.2. The molecule has 2 unspecified atom stereocenters. The molecule has 0 saturated heterocycles. The Labute approximate surface area is 127 Å². The molecule has 1 saturated carbocycles. The predicted molar refractivity (Wildman–Crippen MR) is 83.8 cm³/mol. The van der Waals surface area contributed by atoms with Gasteiger partial charge in [0.05, 0.1) is 15.7 Å². The summed E-state index contributed by atoms with van der Waals surface area (Å²) in [6, 6.07) is 4.42. The highest BCUT2D eigenvalue weighted by atomic mass is 79.9. The standard InChI is InChI=1S/C14H18BrCl2N/c1-8-5-9(2)7-10(6-8)18-12-4-3-11(15)13(16)14(12)17/h3-4,8-10,18H,5-7H2,1-2H3. The fourth-order valence-electron chi connectivity index (χ4n) is 2.92. The average molecular weight is 351 g/mol. The zero-order chi connectivity index (χ0) is 13.3. The molecule has 1 N–H and O–H groups in total. The minimum Gasteiger partial charge on any atom is -0.381 e. The van der Waals surface area contributed by atoms with Crippen molar-refractivity contribution in [3.8, 4) is 0 Å². The SMILES string of the molecule is CC1CC(C)CC(Nc2ccc(Br)c(Cl)c2Cl)C1. The lowest BCUT2D eigenvalue weighted by atomic mass is 9.80. The first-order valence-electron chi connectivity index (χ1n) is 6.37. The molecule has 0 bridgehead atoms. The molecule has 2 rings (SSSR count). The van der Waals surface area contributed by atoms with Crippen molar-refractivity contribution in [2.75, 3.05) is 5.32 Å². The van der Waals surface area contributed by atoms with Crippen LogP contribution in [0.2, 0.25) is 10.0 Å². The van der Waals surface area contributed by atoms with Gasteiger partial charge in [-0.1, -0.05) is 37.0 Å². The molecular weight excluding hydrogens is 333 g/mol. The Balaban J connectivity index is 2.12. The molecule has 1 nitrogen and oxygen atoms in total. The van der Waals surface area contributed by atoms with Crippen molar-refractivity contribution in [2.45, 2.75) is 39.2 Å². The van der Waals surface area contributed by atoms with Gasteiger partial charge in [-0.15, -0.1) is 0 Å². The Kier molecular flexibility index (Phi) is 4.85. The van der Waals surface area contributed by atoms with Crippen LogP contribution in [0, 0.1) is 11.8 Å². The zero-order valence-corrected chi connectivity index (χ0v) is 13.7. The van der Waals surface area contributed by atoms with Crippen molar-refractivity contribution < 1.29 is 0 Å². The van der Waals surface area contributed by atoms with E-state index in [1.54, 1.807) is 0 Å². The van der Waals surface area contributed by atoms with Crippen LogP contribution in [0.5, 0.6) is 0 Å². The van der Waals surface area contributed by atoms with Gasteiger partial charge < -0.3 is 5.32 Å². The fourth-order valence-corrected chi connectivity index (χ4v) is 3.75. The van der Waals surface area contributed by atoms with Gasteiger partial charge in [0.15, 0.2) is 0 Å². The van der Waals surface area contributed by atoms with E-state index in [4.69, 9.17) is 23.2 Å². The van der Waals surface area contributed by atoms with Crippen LogP contribution in [0.25, 0.3) is 0 Å². The van der Waals surface area contributed by atoms with Gasteiger partial charge in [0.1, 0.15) is 0 Å². The molecule has 1 aromatic rings. The van der Waals surface area contributed by atoms with Gasteiger partial charge in [0.25, 0.3) is 0 Å². The van der Waals surface area contributed by atoms with Crippen molar-refractivity contribution >= 4 is 44.8 Å².